The van der Waals surface area contributed by atoms with Crippen molar-refractivity contribution in [2.45, 2.75) is 13.1 Å². The average molecular weight is 375 g/mol. The van der Waals surface area contributed by atoms with Gasteiger partial charge in [0.05, 0.1) is 24.1 Å². The van der Waals surface area contributed by atoms with Crippen molar-refractivity contribution in [2.75, 3.05) is 25.6 Å². The summed E-state index contributed by atoms with van der Waals surface area (Å²) in [5, 5.41) is 20.8. The van der Waals surface area contributed by atoms with Gasteiger partial charge in [-0.05, 0) is 17.7 Å². The number of amides is 3. The van der Waals surface area contributed by atoms with Crippen LogP contribution in [-0.2, 0) is 22.6 Å². The lowest BCUT2D eigenvalue weighted by atomic mass is 10.1. The Labute approximate surface area is 155 Å². The molecule has 27 heavy (non-hydrogen) atoms. The van der Waals surface area contributed by atoms with E-state index in [0.717, 1.165) is 5.56 Å². The van der Waals surface area contributed by atoms with Crippen LogP contribution in [0.5, 0.6) is 0 Å². The zero-order valence-corrected chi connectivity index (χ0v) is 14.8. The lowest BCUT2D eigenvalue weighted by molar-refractivity contribution is -0.122. The third kappa shape index (κ3) is 6.78. The van der Waals surface area contributed by atoms with Gasteiger partial charge in [0.2, 0.25) is 5.91 Å². The number of aromatic nitrogens is 2. The minimum Gasteiger partial charge on any atom is -0.478 e. The predicted octanol–water partition coefficient (Wildman–Crippen LogP) is 0.666. The number of carboxylic acid groups (broad SMARTS) is 1. The van der Waals surface area contributed by atoms with E-state index in [1.54, 1.807) is 19.2 Å². The smallest absolute Gasteiger partial charge is 0.335 e. The molecule has 0 aliphatic carbocycles. The lowest BCUT2D eigenvalue weighted by Crippen LogP contribution is -2.30. The van der Waals surface area contributed by atoms with E-state index in [1.807, 2.05) is 0 Å². The normalized spacial score (nSPS) is 10.3. The van der Waals surface area contributed by atoms with Crippen molar-refractivity contribution < 1.29 is 24.2 Å². The van der Waals surface area contributed by atoms with Crippen molar-refractivity contribution >= 4 is 23.6 Å². The van der Waals surface area contributed by atoms with Gasteiger partial charge in [-0.25, -0.2) is 9.59 Å². The molecule has 2 aromatic rings. The number of ether oxygens (including phenoxy) is 1. The number of nitrogens with one attached hydrogen (secondary N) is 3. The van der Waals surface area contributed by atoms with E-state index in [4.69, 9.17) is 9.84 Å². The monoisotopic (exact) mass is 375 g/mol. The van der Waals surface area contributed by atoms with Crippen molar-refractivity contribution in [1.29, 1.82) is 0 Å². The van der Waals surface area contributed by atoms with Crippen LogP contribution in [0.25, 0.3) is 0 Å². The molecule has 1 aromatic carbocycles. The Bertz CT molecular complexity index is 787. The summed E-state index contributed by atoms with van der Waals surface area (Å²) in [7, 11) is 1.55. The Morgan fingerprint density at radius 1 is 1.19 bits per heavy atom. The number of hydrogen-bond donors (Lipinski definition) is 4. The molecule has 0 bridgehead atoms. The molecule has 0 saturated heterocycles. The second kappa shape index (κ2) is 9.92. The van der Waals surface area contributed by atoms with Crippen molar-refractivity contribution in [3.63, 3.8) is 0 Å². The molecule has 10 heteroatoms. The first kappa shape index (κ1) is 19.9. The molecule has 2 rings (SSSR count). The number of carboxylic acids is 1. The summed E-state index contributed by atoms with van der Waals surface area (Å²) in [5.74, 6) is -1.22. The average Bonchev–Trinajstić information content (AvgIpc) is 3.07. The molecular formula is C17H21N5O5. The lowest BCUT2D eigenvalue weighted by Gasteiger charge is -2.06. The molecule has 0 fully saturated rings. The summed E-state index contributed by atoms with van der Waals surface area (Å²) >= 11 is 0. The van der Waals surface area contributed by atoms with Crippen molar-refractivity contribution in [2.24, 2.45) is 0 Å². The molecule has 0 atom stereocenters. The van der Waals surface area contributed by atoms with E-state index in [-0.39, 0.29) is 24.6 Å². The fraction of sp³-hybridized carbons (Fsp3) is 0.294. The fourth-order valence-electron chi connectivity index (χ4n) is 2.13. The molecule has 10 nitrogen and oxygen atoms in total. The molecular weight excluding hydrogens is 354 g/mol. The van der Waals surface area contributed by atoms with E-state index in [1.165, 1.54) is 29.2 Å². The number of carbonyl (C=O) groups excluding carboxylic acids is 2. The summed E-state index contributed by atoms with van der Waals surface area (Å²) in [5.41, 5.74) is 1.39. The van der Waals surface area contributed by atoms with Gasteiger partial charge in [-0.1, -0.05) is 12.1 Å². The number of urea groups is 1. The molecule has 0 radical (unpaired) electrons. The van der Waals surface area contributed by atoms with Crippen LogP contribution in [0.1, 0.15) is 15.9 Å². The highest BCUT2D eigenvalue weighted by Crippen LogP contribution is 2.06. The third-order valence-corrected chi connectivity index (χ3v) is 3.48. The molecule has 1 heterocycles. The summed E-state index contributed by atoms with van der Waals surface area (Å²) in [6.07, 6.45) is 2.97. The molecule has 4 N–H and O–H groups in total. The number of nitrogens with zero attached hydrogens (tertiary/aromatic N) is 2. The number of anilines is 1. The van der Waals surface area contributed by atoms with Crippen LogP contribution in [0.15, 0.2) is 36.7 Å². The Kier molecular flexibility index (Phi) is 7.32. The Hall–Kier alpha value is -3.40. The molecule has 0 spiro atoms. The van der Waals surface area contributed by atoms with Crippen LogP contribution in [0, 0.1) is 0 Å². The quantitative estimate of drug-likeness (QED) is 0.476. The van der Waals surface area contributed by atoms with Crippen molar-refractivity contribution in [3.05, 3.63) is 47.8 Å². The van der Waals surface area contributed by atoms with Crippen LogP contribution in [0.2, 0.25) is 0 Å². The van der Waals surface area contributed by atoms with Gasteiger partial charge >= 0.3 is 12.0 Å². The molecule has 0 unspecified atom stereocenters. The summed E-state index contributed by atoms with van der Waals surface area (Å²) in [6.45, 7) is 1.11. The van der Waals surface area contributed by atoms with Gasteiger partial charge in [-0.3, -0.25) is 9.48 Å². The van der Waals surface area contributed by atoms with Crippen LogP contribution in [0.3, 0.4) is 0 Å². The van der Waals surface area contributed by atoms with Gasteiger partial charge in [0.15, 0.2) is 0 Å². The van der Waals surface area contributed by atoms with Crippen molar-refractivity contribution in [1.82, 2.24) is 20.4 Å². The first-order valence-corrected chi connectivity index (χ1v) is 8.13. The minimum absolute atomic E-state index is 0.0307. The van der Waals surface area contributed by atoms with Crippen LogP contribution < -0.4 is 16.0 Å². The van der Waals surface area contributed by atoms with Gasteiger partial charge in [-0.2, -0.15) is 5.10 Å². The number of methoxy groups -OCH3 is 1. The summed E-state index contributed by atoms with van der Waals surface area (Å²) in [4.78, 5) is 34.4. The van der Waals surface area contributed by atoms with Gasteiger partial charge in [0.25, 0.3) is 0 Å². The van der Waals surface area contributed by atoms with Gasteiger partial charge in [0, 0.05) is 26.4 Å². The fourth-order valence-corrected chi connectivity index (χ4v) is 2.13. The Morgan fingerprint density at radius 2 is 1.93 bits per heavy atom. The molecule has 1 aromatic heterocycles. The highest BCUT2D eigenvalue weighted by atomic mass is 16.5. The van der Waals surface area contributed by atoms with Gasteiger partial charge < -0.3 is 25.8 Å². The number of carbonyl (C=O) groups is 3. The summed E-state index contributed by atoms with van der Waals surface area (Å²) in [6, 6.07) is 5.76. The number of hydrogen-bond acceptors (Lipinski definition) is 5. The van der Waals surface area contributed by atoms with Gasteiger partial charge in [-0.15, -0.1) is 0 Å². The maximum atomic E-state index is 11.9. The first-order chi connectivity index (χ1) is 13.0. The van der Waals surface area contributed by atoms with Gasteiger partial charge in [0.1, 0.15) is 6.54 Å². The topological polar surface area (TPSA) is 135 Å². The number of rotatable bonds is 9. The number of aromatic carboxylic acids is 1. The van der Waals surface area contributed by atoms with E-state index in [9.17, 15) is 14.4 Å². The standard InChI is InChI=1S/C17H21N5O5/c1-27-7-6-18-15(23)11-22-10-14(9-20-22)21-17(26)19-8-12-2-4-13(5-3-12)16(24)25/h2-5,9-10H,6-8,11H2,1H3,(H,18,23)(H,24,25)(H2,19,21,26). The zero-order chi connectivity index (χ0) is 19.6. The molecule has 0 aliphatic heterocycles. The largest absolute Gasteiger partial charge is 0.478 e. The molecule has 0 aliphatic rings. The second-order valence-electron chi connectivity index (χ2n) is 5.58. The third-order valence-electron chi connectivity index (χ3n) is 3.48. The minimum atomic E-state index is -1.00. The van der Waals surface area contributed by atoms with Crippen molar-refractivity contribution in [3.8, 4) is 0 Å². The highest BCUT2D eigenvalue weighted by molar-refractivity contribution is 5.89. The molecule has 0 saturated carbocycles. The van der Waals surface area contributed by atoms with Crippen LogP contribution >= 0.6 is 0 Å². The maximum Gasteiger partial charge on any atom is 0.335 e. The first-order valence-electron chi connectivity index (χ1n) is 8.13. The van der Waals surface area contributed by atoms with E-state index >= 15 is 0 Å². The summed E-state index contributed by atoms with van der Waals surface area (Å²) < 4.78 is 6.25. The van der Waals surface area contributed by atoms with E-state index < -0.39 is 12.0 Å². The Morgan fingerprint density at radius 3 is 2.59 bits per heavy atom. The predicted molar refractivity (Wildman–Crippen MR) is 96.4 cm³/mol. The maximum absolute atomic E-state index is 11.9. The highest BCUT2D eigenvalue weighted by Gasteiger charge is 2.07. The van der Waals surface area contributed by atoms with Crippen LogP contribution in [0.4, 0.5) is 10.5 Å². The van der Waals surface area contributed by atoms with E-state index in [2.05, 4.69) is 21.0 Å². The Balaban J connectivity index is 1.76. The molecule has 144 valence electrons. The van der Waals surface area contributed by atoms with E-state index in [0.29, 0.717) is 18.8 Å². The van der Waals surface area contributed by atoms with Crippen LogP contribution in [-0.4, -0.2) is 53.1 Å². The number of benzene rings is 1. The molecule has 3 amide bonds. The second-order valence-corrected chi connectivity index (χ2v) is 5.58. The zero-order valence-electron chi connectivity index (χ0n) is 14.8. The SMILES string of the molecule is COCCNC(=O)Cn1cc(NC(=O)NCc2ccc(C(=O)O)cc2)cn1.